The molecule has 5 heteroatoms. The zero-order valence-corrected chi connectivity index (χ0v) is 18.0. The molecule has 4 rings (SSSR count). The highest BCUT2D eigenvalue weighted by atomic mass is 35.5. The highest BCUT2D eigenvalue weighted by molar-refractivity contribution is 6.31. The topological polar surface area (TPSA) is 51.2 Å². The predicted octanol–water partition coefficient (Wildman–Crippen LogP) is 6.84. The highest BCUT2D eigenvalue weighted by Crippen LogP contribution is 2.27. The van der Waals surface area contributed by atoms with Crippen LogP contribution in [0.4, 0.5) is 11.4 Å². The second-order valence-electron chi connectivity index (χ2n) is 7.15. The van der Waals surface area contributed by atoms with Gasteiger partial charge < -0.3 is 10.1 Å². The second kappa shape index (κ2) is 9.02. The molecule has 4 aromatic rings. The lowest BCUT2D eigenvalue weighted by Gasteiger charge is -2.10. The third-order valence-corrected chi connectivity index (χ3v) is 5.23. The van der Waals surface area contributed by atoms with Gasteiger partial charge in [0.2, 0.25) is 0 Å². The van der Waals surface area contributed by atoms with Crippen LogP contribution in [0.1, 0.15) is 21.5 Å². The van der Waals surface area contributed by atoms with Crippen molar-refractivity contribution >= 4 is 45.7 Å². The van der Waals surface area contributed by atoms with Crippen molar-refractivity contribution in [1.82, 2.24) is 4.98 Å². The maximum absolute atomic E-state index is 12.6. The van der Waals surface area contributed by atoms with E-state index in [2.05, 4.69) is 10.3 Å². The van der Waals surface area contributed by atoms with Gasteiger partial charge in [-0.15, -0.1) is 0 Å². The predicted molar refractivity (Wildman–Crippen MR) is 128 cm³/mol. The van der Waals surface area contributed by atoms with Crippen LogP contribution in [0.15, 0.2) is 79.0 Å². The molecule has 0 aliphatic carbocycles. The number of methoxy groups -OCH3 is 1. The standard InChI is InChI=1S/C26H21ClN2O2/c1-17-14-21(31-2)8-10-22(17)26(30)11-6-18-4-3-5-20(15-18)29-24-12-13-28-25-16-19(27)7-9-23(24)25/h3-16H,1-2H3,(H,28,29)/b11-6+. The number of hydrogen-bond acceptors (Lipinski definition) is 4. The molecule has 0 fully saturated rings. The number of aromatic nitrogens is 1. The van der Waals surface area contributed by atoms with Gasteiger partial charge in [0.1, 0.15) is 5.75 Å². The molecule has 0 spiro atoms. The molecule has 0 radical (unpaired) electrons. The molecule has 1 N–H and O–H groups in total. The molecular weight excluding hydrogens is 408 g/mol. The number of allylic oxidation sites excluding steroid dienone is 1. The molecule has 1 heterocycles. The third kappa shape index (κ3) is 4.76. The summed E-state index contributed by atoms with van der Waals surface area (Å²) in [5, 5.41) is 5.07. The van der Waals surface area contributed by atoms with Crippen LogP contribution in [0, 0.1) is 6.92 Å². The molecule has 0 amide bonds. The lowest BCUT2D eigenvalue weighted by molar-refractivity contribution is 0.104. The number of carbonyl (C=O) groups is 1. The number of nitrogens with zero attached hydrogens (tertiary/aromatic N) is 1. The number of pyridine rings is 1. The number of nitrogens with one attached hydrogen (secondary N) is 1. The Morgan fingerprint density at radius 1 is 1.06 bits per heavy atom. The normalized spacial score (nSPS) is 11.1. The van der Waals surface area contributed by atoms with Crippen LogP contribution in [0.2, 0.25) is 5.02 Å². The van der Waals surface area contributed by atoms with E-state index in [9.17, 15) is 4.79 Å². The summed E-state index contributed by atoms with van der Waals surface area (Å²) >= 11 is 6.08. The third-order valence-electron chi connectivity index (χ3n) is 5.00. The number of anilines is 2. The average molecular weight is 429 g/mol. The molecule has 0 saturated carbocycles. The molecule has 0 unspecified atom stereocenters. The number of aryl methyl sites for hydroxylation is 1. The van der Waals surface area contributed by atoms with Crippen molar-refractivity contribution in [3.8, 4) is 5.75 Å². The van der Waals surface area contributed by atoms with E-state index < -0.39 is 0 Å². The molecule has 1 aromatic heterocycles. The summed E-state index contributed by atoms with van der Waals surface area (Å²) in [6.07, 6.45) is 5.17. The monoisotopic (exact) mass is 428 g/mol. The van der Waals surface area contributed by atoms with Crippen LogP contribution < -0.4 is 10.1 Å². The highest BCUT2D eigenvalue weighted by Gasteiger charge is 2.07. The van der Waals surface area contributed by atoms with Gasteiger partial charge in [0, 0.05) is 33.5 Å². The SMILES string of the molecule is COc1ccc(C(=O)/C=C/c2cccc(Nc3ccnc4cc(Cl)ccc34)c2)c(C)c1. The lowest BCUT2D eigenvalue weighted by atomic mass is 10.0. The Labute approximate surface area is 186 Å². The summed E-state index contributed by atoms with van der Waals surface area (Å²) in [6, 6.07) is 20.9. The first kappa shape index (κ1) is 20.6. The maximum atomic E-state index is 12.6. The van der Waals surface area contributed by atoms with E-state index >= 15 is 0 Å². The smallest absolute Gasteiger partial charge is 0.186 e. The molecule has 3 aromatic carbocycles. The fourth-order valence-electron chi connectivity index (χ4n) is 3.41. The van der Waals surface area contributed by atoms with Gasteiger partial charge in [0.25, 0.3) is 0 Å². The fourth-order valence-corrected chi connectivity index (χ4v) is 3.57. The number of fused-ring (bicyclic) bond motifs is 1. The maximum Gasteiger partial charge on any atom is 0.186 e. The summed E-state index contributed by atoms with van der Waals surface area (Å²) in [4.78, 5) is 17.0. The van der Waals surface area contributed by atoms with Gasteiger partial charge >= 0.3 is 0 Å². The average Bonchev–Trinajstić information content (AvgIpc) is 2.77. The van der Waals surface area contributed by atoms with Crippen molar-refractivity contribution in [2.24, 2.45) is 0 Å². The summed E-state index contributed by atoms with van der Waals surface area (Å²) in [5.74, 6) is 0.693. The Hall–Kier alpha value is -3.63. The molecule has 31 heavy (non-hydrogen) atoms. The van der Waals surface area contributed by atoms with Gasteiger partial charge in [-0.3, -0.25) is 9.78 Å². The lowest BCUT2D eigenvalue weighted by Crippen LogP contribution is -1.98. The van der Waals surface area contributed by atoms with Crippen molar-refractivity contribution < 1.29 is 9.53 Å². The van der Waals surface area contributed by atoms with Crippen molar-refractivity contribution in [2.75, 3.05) is 12.4 Å². The number of rotatable bonds is 6. The van der Waals surface area contributed by atoms with E-state index in [0.717, 1.165) is 39.2 Å². The first-order valence-electron chi connectivity index (χ1n) is 9.82. The van der Waals surface area contributed by atoms with Crippen LogP contribution in [0.5, 0.6) is 5.75 Å². The molecule has 4 nitrogen and oxygen atoms in total. The van der Waals surface area contributed by atoms with E-state index in [1.807, 2.05) is 67.6 Å². The number of ketones is 1. The van der Waals surface area contributed by atoms with E-state index in [1.165, 1.54) is 0 Å². The largest absolute Gasteiger partial charge is 0.497 e. The number of carbonyl (C=O) groups excluding carboxylic acids is 1. The van der Waals surface area contributed by atoms with E-state index in [1.54, 1.807) is 31.5 Å². The van der Waals surface area contributed by atoms with Crippen LogP contribution in [0.3, 0.4) is 0 Å². The molecule has 154 valence electrons. The fraction of sp³-hybridized carbons (Fsp3) is 0.0769. The molecule has 0 aliphatic heterocycles. The molecular formula is C26H21ClN2O2. The minimum atomic E-state index is -0.0458. The van der Waals surface area contributed by atoms with Gasteiger partial charge in [-0.1, -0.05) is 29.8 Å². The van der Waals surface area contributed by atoms with Gasteiger partial charge in [-0.05, 0) is 78.7 Å². The summed E-state index contributed by atoms with van der Waals surface area (Å²) in [6.45, 7) is 1.90. The Kier molecular flexibility index (Phi) is 6.01. The summed E-state index contributed by atoms with van der Waals surface area (Å²) < 4.78 is 5.21. The minimum Gasteiger partial charge on any atom is -0.497 e. The molecule has 0 bridgehead atoms. The van der Waals surface area contributed by atoms with Crippen molar-refractivity contribution in [3.05, 3.63) is 101 Å². The quantitative estimate of drug-likeness (QED) is 0.269. The van der Waals surface area contributed by atoms with Crippen LogP contribution in [0.25, 0.3) is 17.0 Å². The van der Waals surface area contributed by atoms with Gasteiger partial charge in [0.05, 0.1) is 12.6 Å². The Balaban J connectivity index is 1.54. The van der Waals surface area contributed by atoms with E-state index in [-0.39, 0.29) is 5.78 Å². The van der Waals surface area contributed by atoms with Crippen molar-refractivity contribution in [2.45, 2.75) is 6.92 Å². The second-order valence-corrected chi connectivity index (χ2v) is 7.59. The Bertz CT molecular complexity index is 1300. The number of ether oxygens (including phenoxy) is 1. The zero-order chi connectivity index (χ0) is 21.8. The summed E-state index contributed by atoms with van der Waals surface area (Å²) in [5.41, 5.74) is 5.15. The first-order chi connectivity index (χ1) is 15.0. The van der Waals surface area contributed by atoms with E-state index in [0.29, 0.717) is 10.6 Å². The molecule has 0 atom stereocenters. The van der Waals surface area contributed by atoms with Gasteiger partial charge in [-0.2, -0.15) is 0 Å². The van der Waals surface area contributed by atoms with E-state index in [4.69, 9.17) is 16.3 Å². The van der Waals surface area contributed by atoms with Crippen LogP contribution in [-0.4, -0.2) is 17.9 Å². The minimum absolute atomic E-state index is 0.0458. The summed E-state index contributed by atoms with van der Waals surface area (Å²) in [7, 11) is 1.61. The van der Waals surface area contributed by atoms with Gasteiger partial charge in [0.15, 0.2) is 5.78 Å². The van der Waals surface area contributed by atoms with Crippen LogP contribution in [-0.2, 0) is 0 Å². The first-order valence-corrected chi connectivity index (χ1v) is 10.2. The Morgan fingerprint density at radius 3 is 2.74 bits per heavy atom. The molecule has 0 aliphatic rings. The number of halogens is 1. The number of hydrogen-bond donors (Lipinski definition) is 1. The van der Waals surface area contributed by atoms with Crippen molar-refractivity contribution in [1.29, 1.82) is 0 Å². The number of benzene rings is 3. The Morgan fingerprint density at radius 2 is 1.94 bits per heavy atom. The zero-order valence-electron chi connectivity index (χ0n) is 17.2. The van der Waals surface area contributed by atoms with Crippen molar-refractivity contribution in [3.63, 3.8) is 0 Å². The van der Waals surface area contributed by atoms with Crippen LogP contribution >= 0.6 is 11.6 Å². The molecule has 0 saturated heterocycles. The van der Waals surface area contributed by atoms with Gasteiger partial charge in [-0.25, -0.2) is 0 Å².